The van der Waals surface area contributed by atoms with E-state index in [0.717, 1.165) is 62.6 Å². The van der Waals surface area contributed by atoms with E-state index in [1.165, 1.54) is 0 Å². The van der Waals surface area contributed by atoms with Gasteiger partial charge in [-0.05, 0) is 113 Å². The molecule has 24 heteroatoms. The lowest BCUT2D eigenvalue weighted by Gasteiger charge is -2.49. The third-order valence-electron chi connectivity index (χ3n) is 14.7. The molecule has 58 heavy (non-hydrogen) atoms. The van der Waals surface area contributed by atoms with E-state index in [9.17, 15) is 36.2 Å². The molecule has 0 aromatic rings. The highest BCUT2D eigenvalue weighted by atomic mass is 32.2. The monoisotopic (exact) mass is 904 g/mol. The molecule has 0 aromatic heterocycles. The highest BCUT2D eigenvalue weighted by molar-refractivity contribution is 7.95. The lowest BCUT2D eigenvalue weighted by molar-refractivity contribution is -0.432. The smallest absolute Gasteiger partial charge is 0.269 e. The second kappa shape index (κ2) is 19.8. The molecule has 10 N–H and O–H groups in total. The minimum atomic E-state index is -4.58. The Morgan fingerprint density at radius 1 is 0.552 bits per heavy atom. The lowest BCUT2D eigenvalue weighted by atomic mass is 9.65. The second-order valence-electron chi connectivity index (χ2n) is 17.7. The molecule has 0 saturated heterocycles. The molecule has 6 aliphatic carbocycles. The van der Waals surface area contributed by atoms with E-state index < -0.39 is 78.9 Å². The van der Waals surface area contributed by atoms with Crippen molar-refractivity contribution in [2.45, 2.75) is 160 Å². The van der Waals surface area contributed by atoms with Crippen LogP contribution in [0, 0.1) is 47.3 Å². The van der Waals surface area contributed by atoms with E-state index in [4.69, 9.17) is 36.5 Å². The molecule has 6 rings (SSSR count). The van der Waals surface area contributed by atoms with Crippen LogP contribution >= 0.6 is 24.1 Å². The van der Waals surface area contributed by atoms with Gasteiger partial charge in [-0.25, -0.2) is 10.5 Å². The zero-order chi connectivity index (χ0) is 42.1. The van der Waals surface area contributed by atoms with Gasteiger partial charge in [0.05, 0.1) is 41.6 Å². The SMILES string of the molecule is CC1CC(C2CCC(N=NC3CC(S(=O)(=O)O)C4CCC(S(=O)(=O)O)C(N)C4C3O)C(C)C2)CCC1N=NC1CC(SOOO)C2CCC(SOOO)C(N)C2C1O. The van der Waals surface area contributed by atoms with Crippen molar-refractivity contribution in [3.8, 4) is 0 Å². The van der Waals surface area contributed by atoms with Gasteiger partial charge in [-0.2, -0.15) is 37.3 Å². The predicted molar refractivity (Wildman–Crippen MR) is 211 cm³/mol. The van der Waals surface area contributed by atoms with Crippen LogP contribution in [0.5, 0.6) is 0 Å². The number of aliphatic hydroxyl groups is 2. The van der Waals surface area contributed by atoms with Crippen LogP contribution < -0.4 is 11.5 Å². The Bertz CT molecular complexity index is 1650. The highest BCUT2D eigenvalue weighted by Crippen LogP contribution is 2.50. The fraction of sp³-hybridized carbons (Fsp3) is 1.00. The number of fused-ring (bicyclic) bond motifs is 2. The van der Waals surface area contributed by atoms with Gasteiger partial charge in [0.2, 0.25) is 0 Å². The average molecular weight is 905 g/mol. The zero-order valence-electron chi connectivity index (χ0n) is 32.6. The third kappa shape index (κ3) is 10.4. The van der Waals surface area contributed by atoms with Crippen molar-refractivity contribution in [1.82, 2.24) is 0 Å². The number of nitrogens with two attached hydrogens (primary N) is 2. The fourth-order valence-electron chi connectivity index (χ4n) is 11.7. The summed E-state index contributed by atoms with van der Waals surface area (Å²) >= 11 is 1.88. The number of nitrogens with zero attached hydrogens (tertiary/aromatic N) is 4. The first kappa shape index (κ1) is 46.8. The maximum Gasteiger partial charge on any atom is 0.269 e. The predicted octanol–water partition coefficient (Wildman–Crippen LogP) is 3.86. The van der Waals surface area contributed by atoms with Gasteiger partial charge in [0.1, 0.15) is 5.25 Å². The van der Waals surface area contributed by atoms with Crippen molar-refractivity contribution in [2.75, 3.05) is 0 Å². The average Bonchev–Trinajstić information content (AvgIpc) is 3.16. The number of rotatable bonds is 13. The minimum Gasteiger partial charge on any atom is -0.390 e. The van der Waals surface area contributed by atoms with Gasteiger partial charge in [-0.1, -0.05) is 23.9 Å². The molecule has 20 unspecified atom stereocenters. The van der Waals surface area contributed by atoms with E-state index >= 15 is 0 Å². The van der Waals surface area contributed by atoms with Gasteiger partial charge in [0, 0.05) is 58.5 Å². The van der Waals surface area contributed by atoms with Crippen LogP contribution in [0.4, 0.5) is 0 Å². The first-order chi connectivity index (χ1) is 27.4. The largest absolute Gasteiger partial charge is 0.390 e. The zero-order valence-corrected chi connectivity index (χ0v) is 35.8. The van der Waals surface area contributed by atoms with Crippen LogP contribution in [0.1, 0.15) is 90.9 Å². The summed E-state index contributed by atoms with van der Waals surface area (Å²) in [5.41, 5.74) is 12.9. The molecule has 334 valence electrons. The van der Waals surface area contributed by atoms with E-state index in [1.54, 1.807) is 0 Å². The first-order valence-corrected chi connectivity index (χ1v) is 24.9. The van der Waals surface area contributed by atoms with Crippen LogP contribution in [-0.4, -0.2) is 116 Å². The van der Waals surface area contributed by atoms with Gasteiger partial charge < -0.3 is 21.7 Å². The molecular formula is C34H60N6O14S4. The number of hydrogen-bond donors (Lipinski definition) is 8. The van der Waals surface area contributed by atoms with Crippen molar-refractivity contribution in [2.24, 2.45) is 79.3 Å². The van der Waals surface area contributed by atoms with Crippen LogP contribution in [0.3, 0.4) is 0 Å². The first-order valence-electron chi connectivity index (χ1n) is 20.3. The van der Waals surface area contributed by atoms with Crippen LogP contribution in [0.2, 0.25) is 0 Å². The van der Waals surface area contributed by atoms with Gasteiger partial charge in [-0.3, -0.25) is 9.11 Å². The number of aliphatic hydroxyl groups excluding tert-OH is 2. The molecule has 0 amide bonds. The summed E-state index contributed by atoms with van der Waals surface area (Å²) in [6, 6.07) is -3.51. The Morgan fingerprint density at radius 2 is 1.02 bits per heavy atom. The van der Waals surface area contributed by atoms with Crippen molar-refractivity contribution in [3.05, 3.63) is 0 Å². The van der Waals surface area contributed by atoms with Gasteiger partial charge in [0.25, 0.3) is 20.2 Å². The van der Waals surface area contributed by atoms with Crippen molar-refractivity contribution in [3.63, 3.8) is 0 Å². The highest BCUT2D eigenvalue weighted by Gasteiger charge is 2.56. The summed E-state index contributed by atoms with van der Waals surface area (Å²) in [4.78, 5) is 0. The summed E-state index contributed by atoms with van der Waals surface area (Å²) < 4.78 is 78.4. The second-order valence-corrected chi connectivity index (χ2v) is 22.9. The molecule has 20 nitrogen and oxygen atoms in total. The lowest BCUT2D eigenvalue weighted by Crippen LogP contribution is -2.63. The molecule has 0 spiro atoms. The summed E-state index contributed by atoms with van der Waals surface area (Å²) in [5, 5.41) is 63.5. The quantitative estimate of drug-likeness (QED) is 0.0427. The van der Waals surface area contributed by atoms with Gasteiger partial charge in [0.15, 0.2) is 0 Å². The Balaban J connectivity index is 1.04. The van der Waals surface area contributed by atoms with Crippen molar-refractivity contribution < 1.29 is 65.4 Å². The molecule has 6 aliphatic rings. The molecule has 0 radical (unpaired) electrons. The molecule has 0 bridgehead atoms. The molecule has 0 aliphatic heterocycles. The molecule has 6 fully saturated rings. The van der Waals surface area contributed by atoms with E-state index in [0.29, 0.717) is 31.1 Å². The third-order valence-corrected chi connectivity index (χ3v) is 19.1. The van der Waals surface area contributed by atoms with Crippen LogP contribution in [-0.2, 0) is 39.0 Å². The Morgan fingerprint density at radius 3 is 1.52 bits per heavy atom. The summed E-state index contributed by atoms with van der Waals surface area (Å²) in [6.45, 7) is 4.28. The van der Waals surface area contributed by atoms with Crippen molar-refractivity contribution >= 4 is 44.3 Å². The minimum absolute atomic E-state index is 0.0246. The molecule has 0 aromatic carbocycles. The Hall–Kier alpha value is -0.680. The number of azo groups is 2. The summed E-state index contributed by atoms with van der Waals surface area (Å²) in [6.07, 6.45) is 4.75. The summed E-state index contributed by atoms with van der Waals surface area (Å²) in [5.74, 6) is -0.919. The van der Waals surface area contributed by atoms with Crippen LogP contribution in [0.25, 0.3) is 0 Å². The van der Waals surface area contributed by atoms with Crippen LogP contribution in [0.15, 0.2) is 20.5 Å². The van der Waals surface area contributed by atoms with E-state index in [1.807, 2.05) is 0 Å². The van der Waals surface area contributed by atoms with E-state index in [2.05, 4.69) is 38.5 Å². The van der Waals surface area contributed by atoms with Gasteiger partial charge >= 0.3 is 0 Å². The Kier molecular flexibility index (Phi) is 16.0. The molecule has 20 atom stereocenters. The fourth-order valence-corrected chi connectivity index (χ4v) is 15.4. The van der Waals surface area contributed by atoms with Crippen molar-refractivity contribution in [1.29, 1.82) is 0 Å². The standard InChI is InChI=1S/C34H60N6O14S4/c1-15-11-17(3-7-21(15)37-39-23-13-26(56-54-52-44)19-5-9-25(55-53-51-43)31(35)29(19)33(23)41)18-4-8-22(16(2)12-18)38-40-24-14-28(58(48,49)50)20-6-10-27(57(45,46)47)32(36)30(20)34(24)42/h15-34,41-44H,3-14,35-36H2,1-2H3,(H,45,46,47)(H,48,49,50). The topological polar surface area (TPSA) is 328 Å². The summed E-state index contributed by atoms with van der Waals surface area (Å²) in [7, 11) is -9.13. The molecule has 6 saturated carbocycles. The van der Waals surface area contributed by atoms with E-state index in [-0.39, 0.29) is 65.5 Å². The molecule has 0 heterocycles. The maximum atomic E-state index is 12.5. The number of hydrogen-bond acceptors (Lipinski definition) is 20. The molecular weight excluding hydrogens is 845 g/mol. The normalized spacial score (nSPS) is 46.9. The van der Waals surface area contributed by atoms with Gasteiger partial charge in [-0.15, -0.1) is 8.67 Å². The maximum absolute atomic E-state index is 12.5. The Labute approximate surface area is 348 Å².